The van der Waals surface area contributed by atoms with Crippen molar-refractivity contribution in [2.24, 2.45) is 0 Å². The molecule has 0 aromatic carbocycles. The molecule has 2 atom stereocenters. The van der Waals surface area contributed by atoms with Crippen LogP contribution in [0.15, 0.2) is 37.1 Å². The number of hydrogen-bond donors (Lipinski definition) is 1. The minimum Gasteiger partial charge on any atom is -0.393 e. The summed E-state index contributed by atoms with van der Waals surface area (Å²) in [4.78, 5) is 4.22. The van der Waals surface area contributed by atoms with Crippen LogP contribution in [0.25, 0.3) is 0 Å². The minimum atomic E-state index is -0.315. The summed E-state index contributed by atoms with van der Waals surface area (Å²) in [6, 6.07) is 5.78. The smallest absolute Gasteiger partial charge is 0.0521 e. The molecule has 1 heterocycles. The molecule has 2 unspecified atom stereocenters. The first-order valence-corrected chi connectivity index (χ1v) is 4.45. The van der Waals surface area contributed by atoms with Gasteiger partial charge in [0.2, 0.25) is 0 Å². The molecule has 1 N–H and O–H groups in total. The standard InChI is InChI=1S/C11H15NO/c1-3-10(8-9(2)13)11-6-4-5-7-12-11/h3-7,9-10,13H,1,8H2,2H3. The van der Waals surface area contributed by atoms with Crippen LogP contribution in [0, 0.1) is 0 Å². The molecule has 0 spiro atoms. The van der Waals surface area contributed by atoms with Crippen molar-refractivity contribution < 1.29 is 5.11 Å². The predicted molar refractivity (Wildman–Crippen MR) is 53.5 cm³/mol. The molecule has 1 aromatic rings. The highest BCUT2D eigenvalue weighted by atomic mass is 16.3. The van der Waals surface area contributed by atoms with Gasteiger partial charge in [-0.2, -0.15) is 0 Å². The van der Waals surface area contributed by atoms with Crippen LogP contribution in [0.3, 0.4) is 0 Å². The lowest BCUT2D eigenvalue weighted by atomic mass is 9.98. The van der Waals surface area contributed by atoms with Gasteiger partial charge in [0.15, 0.2) is 0 Å². The lowest BCUT2D eigenvalue weighted by molar-refractivity contribution is 0.179. The lowest BCUT2D eigenvalue weighted by Gasteiger charge is -2.13. The molecule has 1 rings (SSSR count). The van der Waals surface area contributed by atoms with E-state index < -0.39 is 0 Å². The van der Waals surface area contributed by atoms with Crippen molar-refractivity contribution in [1.29, 1.82) is 0 Å². The van der Waals surface area contributed by atoms with Crippen LogP contribution >= 0.6 is 0 Å². The Hall–Kier alpha value is -1.15. The fourth-order valence-corrected chi connectivity index (χ4v) is 1.30. The van der Waals surface area contributed by atoms with E-state index in [0.717, 1.165) is 5.69 Å². The maximum absolute atomic E-state index is 9.24. The van der Waals surface area contributed by atoms with E-state index in [1.165, 1.54) is 0 Å². The average Bonchev–Trinajstić information content (AvgIpc) is 2.15. The summed E-state index contributed by atoms with van der Waals surface area (Å²) >= 11 is 0. The van der Waals surface area contributed by atoms with E-state index in [1.54, 1.807) is 13.1 Å². The summed E-state index contributed by atoms with van der Waals surface area (Å²) in [5.74, 6) is 0.154. The SMILES string of the molecule is C=CC(CC(C)O)c1ccccn1. The third-order valence-electron chi connectivity index (χ3n) is 1.95. The topological polar surface area (TPSA) is 33.1 Å². The van der Waals surface area contributed by atoms with E-state index in [-0.39, 0.29) is 12.0 Å². The molecule has 0 saturated heterocycles. The molecular formula is C11H15NO. The molecule has 0 aliphatic heterocycles. The molecule has 0 saturated carbocycles. The molecule has 0 radical (unpaired) electrons. The van der Waals surface area contributed by atoms with Crippen LogP contribution < -0.4 is 0 Å². The van der Waals surface area contributed by atoms with Crippen molar-refractivity contribution in [2.45, 2.75) is 25.4 Å². The van der Waals surface area contributed by atoms with E-state index in [0.29, 0.717) is 6.42 Å². The first-order chi connectivity index (χ1) is 6.24. The van der Waals surface area contributed by atoms with E-state index in [9.17, 15) is 5.11 Å². The Morgan fingerprint density at radius 1 is 1.62 bits per heavy atom. The van der Waals surface area contributed by atoms with Crippen molar-refractivity contribution in [2.75, 3.05) is 0 Å². The van der Waals surface area contributed by atoms with Crippen molar-refractivity contribution >= 4 is 0 Å². The van der Waals surface area contributed by atoms with E-state index in [2.05, 4.69) is 11.6 Å². The summed E-state index contributed by atoms with van der Waals surface area (Å²) in [5, 5.41) is 9.24. The van der Waals surface area contributed by atoms with Crippen molar-refractivity contribution in [3.63, 3.8) is 0 Å². The van der Waals surface area contributed by atoms with Gasteiger partial charge in [0.05, 0.1) is 6.10 Å². The van der Waals surface area contributed by atoms with Crippen LogP contribution in [0.5, 0.6) is 0 Å². The molecule has 0 bridgehead atoms. The second-order valence-electron chi connectivity index (χ2n) is 3.18. The monoisotopic (exact) mass is 177 g/mol. The average molecular weight is 177 g/mol. The van der Waals surface area contributed by atoms with Crippen LogP contribution in [-0.2, 0) is 0 Å². The Bertz CT molecular complexity index is 256. The van der Waals surface area contributed by atoms with Gasteiger partial charge in [-0.3, -0.25) is 4.98 Å². The number of allylic oxidation sites excluding steroid dienone is 1. The van der Waals surface area contributed by atoms with Crippen LogP contribution in [0.4, 0.5) is 0 Å². The lowest BCUT2D eigenvalue weighted by Crippen LogP contribution is -2.07. The first-order valence-electron chi connectivity index (χ1n) is 4.45. The Morgan fingerprint density at radius 2 is 2.38 bits per heavy atom. The predicted octanol–water partition coefficient (Wildman–Crippen LogP) is 2.12. The van der Waals surface area contributed by atoms with Gasteiger partial charge in [-0.15, -0.1) is 6.58 Å². The molecular weight excluding hydrogens is 162 g/mol. The molecule has 0 fully saturated rings. The van der Waals surface area contributed by atoms with Gasteiger partial charge in [0, 0.05) is 17.8 Å². The third kappa shape index (κ3) is 2.99. The molecule has 1 aromatic heterocycles. The zero-order valence-electron chi connectivity index (χ0n) is 7.85. The number of aromatic nitrogens is 1. The van der Waals surface area contributed by atoms with Crippen molar-refractivity contribution in [1.82, 2.24) is 4.98 Å². The Labute approximate surface area is 78.9 Å². The Balaban J connectivity index is 2.73. The summed E-state index contributed by atoms with van der Waals surface area (Å²) in [7, 11) is 0. The van der Waals surface area contributed by atoms with Gasteiger partial charge < -0.3 is 5.11 Å². The van der Waals surface area contributed by atoms with Crippen LogP contribution in [0.1, 0.15) is 25.0 Å². The molecule has 0 amide bonds. The fraction of sp³-hybridized carbons (Fsp3) is 0.364. The fourth-order valence-electron chi connectivity index (χ4n) is 1.30. The summed E-state index contributed by atoms with van der Waals surface area (Å²) < 4.78 is 0. The normalized spacial score (nSPS) is 14.9. The quantitative estimate of drug-likeness (QED) is 0.715. The Kier molecular flexibility index (Phi) is 3.65. The number of rotatable bonds is 4. The maximum atomic E-state index is 9.24. The van der Waals surface area contributed by atoms with Crippen molar-refractivity contribution in [3.8, 4) is 0 Å². The van der Waals surface area contributed by atoms with Gasteiger partial charge in [-0.05, 0) is 25.5 Å². The number of hydrogen-bond acceptors (Lipinski definition) is 2. The zero-order chi connectivity index (χ0) is 9.68. The van der Waals surface area contributed by atoms with Gasteiger partial charge in [-0.25, -0.2) is 0 Å². The second kappa shape index (κ2) is 4.77. The van der Waals surface area contributed by atoms with Gasteiger partial charge in [0.25, 0.3) is 0 Å². The highest BCUT2D eigenvalue weighted by molar-refractivity contribution is 5.14. The van der Waals surface area contributed by atoms with E-state index >= 15 is 0 Å². The first kappa shape index (κ1) is 9.93. The number of aliphatic hydroxyl groups excluding tert-OH is 1. The van der Waals surface area contributed by atoms with E-state index in [1.807, 2.05) is 24.3 Å². The molecule has 70 valence electrons. The maximum Gasteiger partial charge on any atom is 0.0521 e. The number of pyridine rings is 1. The molecule has 2 nitrogen and oxygen atoms in total. The third-order valence-corrected chi connectivity index (χ3v) is 1.95. The van der Waals surface area contributed by atoms with Gasteiger partial charge in [-0.1, -0.05) is 12.1 Å². The van der Waals surface area contributed by atoms with Crippen LogP contribution in [-0.4, -0.2) is 16.2 Å². The molecule has 0 aliphatic rings. The van der Waals surface area contributed by atoms with Gasteiger partial charge >= 0.3 is 0 Å². The summed E-state index contributed by atoms with van der Waals surface area (Å²) in [5.41, 5.74) is 0.971. The molecule has 2 heteroatoms. The minimum absolute atomic E-state index is 0.154. The molecule has 13 heavy (non-hydrogen) atoms. The van der Waals surface area contributed by atoms with Crippen molar-refractivity contribution in [3.05, 3.63) is 42.7 Å². The van der Waals surface area contributed by atoms with Crippen LogP contribution in [0.2, 0.25) is 0 Å². The zero-order valence-corrected chi connectivity index (χ0v) is 7.85. The largest absolute Gasteiger partial charge is 0.393 e. The summed E-state index contributed by atoms with van der Waals surface area (Å²) in [6.45, 7) is 5.52. The summed E-state index contributed by atoms with van der Waals surface area (Å²) in [6.07, 6.45) is 3.95. The highest BCUT2D eigenvalue weighted by Crippen LogP contribution is 2.19. The second-order valence-corrected chi connectivity index (χ2v) is 3.18. The number of nitrogens with zero attached hydrogens (tertiary/aromatic N) is 1. The molecule has 0 aliphatic carbocycles. The Morgan fingerprint density at radius 3 is 2.85 bits per heavy atom. The number of aliphatic hydroxyl groups is 1. The van der Waals surface area contributed by atoms with Gasteiger partial charge in [0.1, 0.15) is 0 Å². The van der Waals surface area contributed by atoms with E-state index in [4.69, 9.17) is 0 Å². The highest BCUT2D eigenvalue weighted by Gasteiger charge is 2.10.